The van der Waals surface area contributed by atoms with Crippen molar-refractivity contribution in [2.45, 2.75) is 13.8 Å². The summed E-state index contributed by atoms with van der Waals surface area (Å²) in [6.07, 6.45) is 3.07. The van der Waals surface area contributed by atoms with Crippen LogP contribution in [0.1, 0.15) is 25.1 Å². The molecule has 70 valence electrons. The molecule has 0 radical (unpaired) electrons. The normalized spacial score (nSPS) is 8.23. The lowest BCUT2D eigenvalue weighted by molar-refractivity contribution is 0.755. The second-order valence-electron chi connectivity index (χ2n) is 2.05. The van der Waals surface area contributed by atoms with E-state index in [9.17, 15) is 4.39 Å². The Labute approximate surface area is 78.6 Å². The Morgan fingerprint density at radius 1 is 1.54 bits per heavy atom. The highest BCUT2D eigenvalue weighted by Crippen LogP contribution is 2.15. The minimum Gasteiger partial charge on any atom is -0.253 e. The molecule has 0 bridgehead atoms. The van der Waals surface area contributed by atoms with E-state index < -0.39 is 5.83 Å². The Morgan fingerprint density at radius 2 is 2.15 bits per heavy atom. The Morgan fingerprint density at radius 3 is 2.54 bits per heavy atom. The number of aromatic nitrogens is 1. The maximum Gasteiger partial charge on any atom is 0.142 e. The van der Waals surface area contributed by atoms with Gasteiger partial charge in [0.2, 0.25) is 0 Å². The minimum absolute atomic E-state index is 0.266. The van der Waals surface area contributed by atoms with Crippen molar-refractivity contribution in [3.05, 3.63) is 42.7 Å². The van der Waals surface area contributed by atoms with Crippen LogP contribution in [-0.4, -0.2) is 4.98 Å². The van der Waals surface area contributed by atoms with E-state index in [2.05, 4.69) is 18.1 Å². The molecule has 0 unspecified atom stereocenters. The summed E-state index contributed by atoms with van der Waals surface area (Å²) in [6.45, 7) is 10.7. The van der Waals surface area contributed by atoms with E-state index in [-0.39, 0.29) is 5.69 Å². The standard InChI is InChI=1S/C9H8FN.C2H6/c1-3-8-5-4-6-11-9(8)7(2)10;1-2/h3-6H,1-2H2;1-2H3. The van der Waals surface area contributed by atoms with Crippen LogP contribution >= 0.6 is 0 Å². The number of rotatable bonds is 2. The van der Waals surface area contributed by atoms with Crippen molar-refractivity contribution in [2.75, 3.05) is 0 Å². The average Bonchev–Trinajstić information content (AvgIpc) is 2.20. The molecule has 0 aliphatic carbocycles. The predicted molar refractivity (Wildman–Crippen MR) is 55.8 cm³/mol. The van der Waals surface area contributed by atoms with Crippen molar-refractivity contribution in [1.29, 1.82) is 0 Å². The summed E-state index contributed by atoms with van der Waals surface area (Å²) < 4.78 is 12.6. The fourth-order valence-electron chi connectivity index (χ4n) is 0.809. The zero-order valence-corrected chi connectivity index (χ0v) is 8.05. The molecule has 0 aliphatic heterocycles. The van der Waals surface area contributed by atoms with Crippen molar-refractivity contribution in [2.24, 2.45) is 0 Å². The highest BCUT2D eigenvalue weighted by atomic mass is 19.1. The molecular formula is C11H14FN. The quantitative estimate of drug-likeness (QED) is 0.674. The predicted octanol–water partition coefficient (Wildman–Crippen LogP) is 3.69. The molecule has 0 amide bonds. The molecule has 0 N–H and O–H groups in total. The summed E-state index contributed by atoms with van der Waals surface area (Å²) in [7, 11) is 0. The Kier molecular flexibility index (Phi) is 5.44. The van der Waals surface area contributed by atoms with Gasteiger partial charge in [-0.05, 0) is 6.07 Å². The smallest absolute Gasteiger partial charge is 0.142 e. The SMILES string of the molecule is C=Cc1cccnc1C(=C)F.CC. The molecule has 0 aliphatic rings. The molecule has 0 atom stereocenters. The maximum atomic E-state index is 12.6. The number of halogens is 1. The van der Waals surface area contributed by atoms with E-state index in [1.165, 1.54) is 6.20 Å². The van der Waals surface area contributed by atoms with Gasteiger partial charge in [-0.25, -0.2) is 4.39 Å². The van der Waals surface area contributed by atoms with Gasteiger partial charge >= 0.3 is 0 Å². The van der Waals surface area contributed by atoms with Gasteiger partial charge in [-0.2, -0.15) is 0 Å². The van der Waals surface area contributed by atoms with Crippen LogP contribution in [0.3, 0.4) is 0 Å². The summed E-state index contributed by atoms with van der Waals surface area (Å²) >= 11 is 0. The van der Waals surface area contributed by atoms with E-state index >= 15 is 0 Å². The average molecular weight is 179 g/mol. The molecule has 1 rings (SSSR count). The minimum atomic E-state index is -0.527. The van der Waals surface area contributed by atoms with Crippen LogP contribution < -0.4 is 0 Å². The van der Waals surface area contributed by atoms with Gasteiger partial charge in [-0.1, -0.05) is 39.1 Å². The van der Waals surface area contributed by atoms with Crippen molar-refractivity contribution < 1.29 is 4.39 Å². The first kappa shape index (κ1) is 11.6. The monoisotopic (exact) mass is 179 g/mol. The van der Waals surface area contributed by atoms with Gasteiger partial charge in [0.1, 0.15) is 11.5 Å². The van der Waals surface area contributed by atoms with Crippen LogP contribution in [0.25, 0.3) is 11.9 Å². The fraction of sp³-hybridized carbons (Fsp3) is 0.182. The van der Waals surface area contributed by atoms with E-state index in [0.717, 1.165) is 0 Å². The first-order chi connectivity index (χ1) is 6.25. The molecule has 1 nitrogen and oxygen atoms in total. The van der Waals surface area contributed by atoms with Gasteiger partial charge < -0.3 is 0 Å². The molecule has 0 aromatic carbocycles. The lowest BCUT2D eigenvalue weighted by Gasteiger charge is -1.98. The fourth-order valence-corrected chi connectivity index (χ4v) is 0.809. The summed E-state index contributed by atoms with van der Waals surface area (Å²) in [5.41, 5.74) is 0.933. The third-order valence-electron chi connectivity index (χ3n) is 1.32. The third-order valence-corrected chi connectivity index (χ3v) is 1.32. The number of nitrogens with zero attached hydrogens (tertiary/aromatic N) is 1. The molecule has 0 fully saturated rings. The maximum absolute atomic E-state index is 12.6. The molecule has 0 saturated carbocycles. The van der Waals surface area contributed by atoms with Gasteiger partial charge in [-0.15, -0.1) is 0 Å². The third kappa shape index (κ3) is 3.20. The molecule has 0 saturated heterocycles. The lowest BCUT2D eigenvalue weighted by Crippen LogP contribution is -1.86. The van der Waals surface area contributed by atoms with Gasteiger partial charge in [-0.3, -0.25) is 4.98 Å². The van der Waals surface area contributed by atoms with Crippen molar-refractivity contribution in [3.63, 3.8) is 0 Å². The van der Waals surface area contributed by atoms with E-state index in [0.29, 0.717) is 5.56 Å². The van der Waals surface area contributed by atoms with Gasteiger partial charge in [0.15, 0.2) is 0 Å². The summed E-state index contributed by atoms with van der Waals surface area (Å²) in [6, 6.07) is 3.46. The topological polar surface area (TPSA) is 12.9 Å². The van der Waals surface area contributed by atoms with Crippen LogP contribution in [0.2, 0.25) is 0 Å². The molecule has 0 spiro atoms. The second-order valence-corrected chi connectivity index (χ2v) is 2.05. The molecular weight excluding hydrogens is 165 g/mol. The van der Waals surface area contributed by atoms with Crippen LogP contribution in [0.4, 0.5) is 4.39 Å². The second kappa shape index (κ2) is 6.12. The lowest BCUT2D eigenvalue weighted by atomic mass is 10.2. The van der Waals surface area contributed by atoms with Crippen LogP contribution in [-0.2, 0) is 0 Å². The van der Waals surface area contributed by atoms with Crippen molar-refractivity contribution in [3.8, 4) is 0 Å². The zero-order chi connectivity index (χ0) is 10.3. The molecule has 1 aromatic heterocycles. The van der Waals surface area contributed by atoms with Crippen LogP contribution in [0, 0.1) is 0 Å². The van der Waals surface area contributed by atoms with Gasteiger partial charge in [0.25, 0.3) is 0 Å². The largest absolute Gasteiger partial charge is 0.253 e. The molecule has 2 heteroatoms. The van der Waals surface area contributed by atoms with E-state index in [4.69, 9.17) is 0 Å². The van der Waals surface area contributed by atoms with Gasteiger partial charge in [0.05, 0.1) is 0 Å². The summed E-state index contributed by atoms with van der Waals surface area (Å²) in [5.74, 6) is -0.527. The number of hydrogen-bond donors (Lipinski definition) is 0. The summed E-state index contributed by atoms with van der Waals surface area (Å²) in [5, 5.41) is 0. The Bertz CT molecular complexity index is 292. The highest BCUT2D eigenvalue weighted by Gasteiger charge is 2.01. The Balaban J connectivity index is 0.000000671. The molecule has 13 heavy (non-hydrogen) atoms. The van der Waals surface area contributed by atoms with Crippen LogP contribution in [0.5, 0.6) is 0 Å². The molecule has 1 heterocycles. The zero-order valence-electron chi connectivity index (χ0n) is 8.05. The van der Waals surface area contributed by atoms with Crippen LogP contribution in [0.15, 0.2) is 31.5 Å². The van der Waals surface area contributed by atoms with Gasteiger partial charge in [0, 0.05) is 11.8 Å². The number of hydrogen-bond acceptors (Lipinski definition) is 1. The summed E-state index contributed by atoms with van der Waals surface area (Å²) in [4.78, 5) is 3.80. The van der Waals surface area contributed by atoms with Crippen molar-refractivity contribution in [1.82, 2.24) is 4.98 Å². The van der Waals surface area contributed by atoms with Crippen molar-refractivity contribution >= 4 is 11.9 Å². The van der Waals surface area contributed by atoms with E-state index in [1.807, 2.05) is 13.8 Å². The first-order valence-electron chi connectivity index (χ1n) is 4.18. The Hall–Kier alpha value is -1.44. The number of pyridine rings is 1. The highest BCUT2D eigenvalue weighted by molar-refractivity contribution is 5.65. The molecule has 1 aromatic rings. The van der Waals surface area contributed by atoms with E-state index in [1.54, 1.807) is 18.2 Å². The first-order valence-corrected chi connectivity index (χ1v) is 4.18.